The monoisotopic (exact) mass is 205 g/mol. The molecule has 0 saturated carbocycles. The van der Waals surface area contributed by atoms with Crippen molar-refractivity contribution in [2.75, 3.05) is 25.4 Å². The van der Waals surface area contributed by atoms with E-state index in [0.717, 1.165) is 31.9 Å². The lowest BCUT2D eigenvalue weighted by molar-refractivity contribution is 0.165. The minimum absolute atomic E-state index is 0.611. The fourth-order valence-corrected chi connectivity index (χ4v) is 2.04. The Morgan fingerprint density at radius 3 is 3.13 bits per heavy atom. The molecule has 82 valence electrons. The molecule has 1 saturated heterocycles. The third-order valence-electron chi connectivity index (χ3n) is 2.98. The van der Waals surface area contributed by atoms with E-state index < -0.39 is 0 Å². The van der Waals surface area contributed by atoms with Crippen LogP contribution in [0.15, 0.2) is 24.3 Å². The van der Waals surface area contributed by atoms with Crippen molar-refractivity contribution in [1.29, 1.82) is 0 Å². The van der Waals surface area contributed by atoms with Gasteiger partial charge < -0.3 is 11.1 Å². The maximum atomic E-state index is 5.77. The van der Waals surface area contributed by atoms with Crippen molar-refractivity contribution < 1.29 is 0 Å². The van der Waals surface area contributed by atoms with Crippen LogP contribution in [0.25, 0.3) is 0 Å². The molecule has 0 amide bonds. The molecule has 1 heterocycles. The molecule has 15 heavy (non-hydrogen) atoms. The quantitative estimate of drug-likeness (QED) is 0.709. The van der Waals surface area contributed by atoms with Crippen molar-refractivity contribution >= 4 is 5.69 Å². The first-order valence-corrected chi connectivity index (χ1v) is 5.55. The summed E-state index contributed by atoms with van der Waals surface area (Å²) in [5.74, 6) is 0. The summed E-state index contributed by atoms with van der Waals surface area (Å²) < 4.78 is 0. The summed E-state index contributed by atoms with van der Waals surface area (Å²) in [5.41, 5.74) is 7.93. The molecule has 3 heteroatoms. The van der Waals surface area contributed by atoms with Gasteiger partial charge in [0.1, 0.15) is 0 Å². The zero-order valence-corrected chi connectivity index (χ0v) is 9.24. The van der Waals surface area contributed by atoms with E-state index in [0.29, 0.717) is 6.04 Å². The summed E-state index contributed by atoms with van der Waals surface area (Å²) in [4.78, 5) is 2.49. The summed E-state index contributed by atoms with van der Waals surface area (Å²) in [6, 6.07) is 8.78. The number of hydrogen-bond acceptors (Lipinski definition) is 3. The van der Waals surface area contributed by atoms with Crippen molar-refractivity contribution in [1.82, 2.24) is 10.2 Å². The lowest BCUT2D eigenvalue weighted by Crippen LogP contribution is -2.49. The number of piperazine rings is 1. The molecule has 1 aromatic rings. The third-order valence-corrected chi connectivity index (χ3v) is 2.98. The molecule has 0 spiro atoms. The maximum Gasteiger partial charge on any atom is 0.0317 e. The van der Waals surface area contributed by atoms with E-state index >= 15 is 0 Å². The lowest BCUT2D eigenvalue weighted by atomic mass is 10.1. The zero-order chi connectivity index (χ0) is 10.7. The van der Waals surface area contributed by atoms with Gasteiger partial charge >= 0.3 is 0 Å². The molecule has 3 N–H and O–H groups in total. The van der Waals surface area contributed by atoms with E-state index in [9.17, 15) is 0 Å². The van der Waals surface area contributed by atoms with Gasteiger partial charge in [-0.15, -0.1) is 0 Å². The number of nitrogens with two attached hydrogens (primary N) is 1. The maximum absolute atomic E-state index is 5.77. The van der Waals surface area contributed by atoms with E-state index in [-0.39, 0.29) is 0 Å². The van der Waals surface area contributed by atoms with E-state index in [1.165, 1.54) is 5.56 Å². The fourth-order valence-electron chi connectivity index (χ4n) is 2.04. The minimum atomic E-state index is 0.611. The molecule has 1 atom stereocenters. The number of anilines is 1. The molecule has 0 radical (unpaired) electrons. The predicted molar refractivity (Wildman–Crippen MR) is 63.6 cm³/mol. The summed E-state index contributed by atoms with van der Waals surface area (Å²) in [5, 5.41) is 3.40. The lowest BCUT2D eigenvalue weighted by Gasteiger charge is -2.33. The molecule has 0 aromatic heterocycles. The number of rotatable bonds is 2. The second-order valence-electron chi connectivity index (χ2n) is 4.27. The fraction of sp³-hybridized carbons (Fsp3) is 0.500. The van der Waals surface area contributed by atoms with E-state index in [1.54, 1.807) is 0 Å². The molecule has 0 aliphatic carbocycles. The third kappa shape index (κ3) is 2.70. The van der Waals surface area contributed by atoms with Crippen molar-refractivity contribution in [3.63, 3.8) is 0 Å². The van der Waals surface area contributed by atoms with Gasteiger partial charge in [-0.05, 0) is 24.6 Å². The van der Waals surface area contributed by atoms with Gasteiger partial charge in [0.05, 0.1) is 0 Å². The highest BCUT2D eigenvalue weighted by Gasteiger charge is 2.17. The second kappa shape index (κ2) is 4.64. The summed E-state index contributed by atoms with van der Waals surface area (Å²) in [6.07, 6.45) is 0. The Morgan fingerprint density at radius 1 is 1.53 bits per heavy atom. The highest BCUT2D eigenvalue weighted by molar-refractivity contribution is 5.40. The number of nitrogens with zero attached hydrogens (tertiary/aromatic N) is 1. The minimum Gasteiger partial charge on any atom is -0.399 e. The van der Waals surface area contributed by atoms with Crippen LogP contribution < -0.4 is 11.1 Å². The summed E-state index contributed by atoms with van der Waals surface area (Å²) in [6.45, 7) is 6.57. The summed E-state index contributed by atoms with van der Waals surface area (Å²) >= 11 is 0. The molecule has 0 bridgehead atoms. The van der Waals surface area contributed by atoms with Crippen molar-refractivity contribution in [3.05, 3.63) is 29.8 Å². The smallest absolute Gasteiger partial charge is 0.0317 e. The first kappa shape index (κ1) is 10.5. The molecule has 3 nitrogen and oxygen atoms in total. The molecule has 1 fully saturated rings. The Morgan fingerprint density at radius 2 is 2.40 bits per heavy atom. The van der Waals surface area contributed by atoms with Crippen LogP contribution in [0.4, 0.5) is 5.69 Å². The van der Waals surface area contributed by atoms with Crippen LogP contribution in [-0.4, -0.2) is 30.6 Å². The zero-order valence-electron chi connectivity index (χ0n) is 9.24. The predicted octanol–water partition coefficient (Wildman–Crippen LogP) is 1.06. The molecular formula is C12H19N3. The van der Waals surface area contributed by atoms with Gasteiger partial charge in [0.25, 0.3) is 0 Å². The normalized spacial score (nSPS) is 22.9. The van der Waals surface area contributed by atoms with Gasteiger partial charge in [-0.25, -0.2) is 0 Å². The first-order chi connectivity index (χ1) is 7.25. The van der Waals surface area contributed by atoms with E-state index in [2.05, 4.69) is 29.3 Å². The Hall–Kier alpha value is -1.06. The molecule has 1 aliphatic rings. The van der Waals surface area contributed by atoms with E-state index in [4.69, 9.17) is 5.73 Å². The average Bonchev–Trinajstić information content (AvgIpc) is 2.22. The number of hydrogen-bond donors (Lipinski definition) is 2. The van der Waals surface area contributed by atoms with Crippen LogP contribution in [0, 0.1) is 0 Å². The van der Waals surface area contributed by atoms with Crippen LogP contribution in [-0.2, 0) is 6.54 Å². The Bertz CT molecular complexity index is 324. The van der Waals surface area contributed by atoms with Crippen LogP contribution in [0.2, 0.25) is 0 Å². The Labute approximate surface area is 91.3 Å². The molecule has 1 unspecified atom stereocenters. The van der Waals surface area contributed by atoms with Gasteiger partial charge in [-0.3, -0.25) is 4.90 Å². The number of benzene rings is 1. The van der Waals surface area contributed by atoms with Crippen molar-refractivity contribution in [2.45, 2.75) is 19.5 Å². The highest BCUT2D eigenvalue weighted by atomic mass is 15.2. The average molecular weight is 205 g/mol. The largest absolute Gasteiger partial charge is 0.399 e. The van der Waals surface area contributed by atoms with Gasteiger partial charge in [0, 0.05) is 37.9 Å². The van der Waals surface area contributed by atoms with Crippen molar-refractivity contribution in [3.8, 4) is 0 Å². The number of nitrogens with one attached hydrogen (secondary N) is 1. The Kier molecular flexibility index (Phi) is 3.23. The van der Waals surface area contributed by atoms with Crippen LogP contribution in [0.1, 0.15) is 12.5 Å². The second-order valence-corrected chi connectivity index (χ2v) is 4.27. The molecule has 1 aromatic carbocycles. The van der Waals surface area contributed by atoms with Crippen molar-refractivity contribution in [2.24, 2.45) is 0 Å². The van der Waals surface area contributed by atoms with Gasteiger partial charge in [0.2, 0.25) is 0 Å². The van der Waals surface area contributed by atoms with E-state index in [1.807, 2.05) is 12.1 Å². The van der Waals surface area contributed by atoms with Crippen LogP contribution >= 0.6 is 0 Å². The van der Waals surface area contributed by atoms with Gasteiger partial charge in [-0.1, -0.05) is 12.1 Å². The molecular weight excluding hydrogens is 186 g/mol. The molecule has 2 rings (SSSR count). The molecule has 1 aliphatic heterocycles. The topological polar surface area (TPSA) is 41.3 Å². The first-order valence-electron chi connectivity index (χ1n) is 5.55. The highest BCUT2D eigenvalue weighted by Crippen LogP contribution is 2.12. The van der Waals surface area contributed by atoms with Crippen LogP contribution in [0.5, 0.6) is 0 Å². The Balaban J connectivity index is 2.01. The standard InChI is InChI=1S/C12H19N3/c1-10-8-14-5-6-15(10)9-11-3-2-4-12(13)7-11/h2-4,7,10,14H,5-6,8-9,13H2,1H3. The van der Waals surface area contributed by atoms with Crippen LogP contribution in [0.3, 0.4) is 0 Å². The van der Waals surface area contributed by atoms with Gasteiger partial charge in [0.15, 0.2) is 0 Å². The SMILES string of the molecule is CC1CNCCN1Cc1cccc(N)c1. The van der Waals surface area contributed by atoms with Gasteiger partial charge in [-0.2, -0.15) is 0 Å². The number of nitrogen functional groups attached to an aromatic ring is 1. The summed E-state index contributed by atoms with van der Waals surface area (Å²) in [7, 11) is 0.